The van der Waals surface area contributed by atoms with Gasteiger partial charge in [0.25, 0.3) is 0 Å². The molecule has 1 N–H and O–H groups in total. The molecular weight excluding hydrogens is 245 g/mol. The third-order valence-electron chi connectivity index (χ3n) is 3.04. The third-order valence-corrected chi connectivity index (χ3v) is 3.04. The van der Waals surface area contributed by atoms with Crippen molar-refractivity contribution in [3.8, 4) is 0 Å². The fourth-order valence-corrected chi connectivity index (χ4v) is 2.03. The first-order valence-corrected chi connectivity index (χ1v) is 6.22. The van der Waals surface area contributed by atoms with Crippen LogP contribution in [0.3, 0.4) is 0 Å². The highest BCUT2D eigenvalue weighted by atomic mass is 19.1. The van der Waals surface area contributed by atoms with Crippen molar-refractivity contribution in [1.82, 2.24) is 5.32 Å². The lowest BCUT2D eigenvalue weighted by molar-refractivity contribution is 0.161. The standard InChI is InChI=1S/C15H18FNO2/c1-17-14(9-11-5-3-4-6-13(11)16)15-8-7-12(19-15)10-18-2/h3-8,14,17H,9-10H2,1-2H3. The highest BCUT2D eigenvalue weighted by molar-refractivity contribution is 5.21. The van der Waals surface area contributed by atoms with Gasteiger partial charge < -0.3 is 14.5 Å². The molecule has 0 spiro atoms. The summed E-state index contributed by atoms with van der Waals surface area (Å²) in [7, 11) is 3.46. The quantitative estimate of drug-likeness (QED) is 0.869. The topological polar surface area (TPSA) is 34.4 Å². The summed E-state index contributed by atoms with van der Waals surface area (Å²) in [6, 6.07) is 10.5. The van der Waals surface area contributed by atoms with Crippen LogP contribution in [-0.2, 0) is 17.8 Å². The van der Waals surface area contributed by atoms with Gasteiger partial charge in [-0.15, -0.1) is 0 Å². The van der Waals surface area contributed by atoms with E-state index in [1.165, 1.54) is 6.07 Å². The molecule has 2 rings (SSSR count). The first-order valence-electron chi connectivity index (χ1n) is 6.22. The van der Waals surface area contributed by atoms with Crippen molar-refractivity contribution in [3.63, 3.8) is 0 Å². The maximum Gasteiger partial charge on any atom is 0.129 e. The second kappa shape index (κ2) is 6.50. The minimum absolute atomic E-state index is 0.0532. The molecule has 4 heteroatoms. The van der Waals surface area contributed by atoms with Gasteiger partial charge in [-0.1, -0.05) is 18.2 Å². The Balaban J connectivity index is 2.13. The molecule has 1 aromatic heterocycles. The van der Waals surface area contributed by atoms with Crippen molar-refractivity contribution in [3.05, 3.63) is 59.3 Å². The van der Waals surface area contributed by atoms with Crippen molar-refractivity contribution in [2.24, 2.45) is 0 Å². The van der Waals surface area contributed by atoms with E-state index in [-0.39, 0.29) is 11.9 Å². The number of furan rings is 1. The molecule has 0 aliphatic carbocycles. The molecule has 0 amide bonds. The average Bonchev–Trinajstić information content (AvgIpc) is 2.87. The number of methoxy groups -OCH3 is 1. The van der Waals surface area contributed by atoms with Crippen LogP contribution in [0.5, 0.6) is 0 Å². The van der Waals surface area contributed by atoms with E-state index in [4.69, 9.17) is 9.15 Å². The lowest BCUT2D eigenvalue weighted by atomic mass is 10.0. The van der Waals surface area contributed by atoms with Gasteiger partial charge in [0.2, 0.25) is 0 Å². The smallest absolute Gasteiger partial charge is 0.129 e. The second-order valence-electron chi connectivity index (χ2n) is 4.37. The minimum Gasteiger partial charge on any atom is -0.462 e. The van der Waals surface area contributed by atoms with Crippen LogP contribution in [0.2, 0.25) is 0 Å². The van der Waals surface area contributed by atoms with Gasteiger partial charge in [-0.3, -0.25) is 0 Å². The highest BCUT2D eigenvalue weighted by Gasteiger charge is 2.16. The van der Waals surface area contributed by atoms with Crippen LogP contribution >= 0.6 is 0 Å². The molecule has 1 unspecified atom stereocenters. The predicted molar refractivity (Wildman–Crippen MR) is 71.3 cm³/mol. The van der Waals surface area contributed by atoms with Crippen LogP contribution in [0.15, 0.2) is 40.8 Å². The molecule has 0 radical (unpaired) electrons. The fraction of sp³-hybridized carbons (Fsp3) is 0.333. The maximum atomic E-state index is 13.6. The summed E-state index contributed by atoms with van der Waals surface area (Å²) in [6.45, 7) is 0.441. The van der Waals surface area contributed by atoms with Gasteiger partial charge in [-0.2, -0.15) is 0 Å². The highest BCUT2D eigenvalue weighted by Crippen LogP contribution is 2.22. The van der Waals surface area contributed by atoms with Crippen molar-refractivity contribution < 1.29 is 13.5 Å². The number of hydrogen-bond acceptors (Lipinski definition) is 3. The summed E-state index contributed by atoms with van der Waals surface area (Å²) in [5.74, 6) is 1.37. The Kier molecular flexibility index (Phi) is 4.71. The van der Waals surface area contributed by atoms with E-state index in [9.17, 15) is 4.39 Å². The van der Waals surface area contributed by atoms with Gasteiger partial charge in [0.1, 0.15) is 23.9 Å². The Labute approximate surface area is 112 Å². The first kappa shape index (κ1) is 13.8. The predicted octanol–water partition coefficient (Wildman–Crippen LogP) is 3.07. The van der Waals surface area contributed by atoms with Crippen molar-refractivity contribution >= 4 is 0 Å². The minimum atomic E-state index is -0.188. The molecule has 2 aromatic rings. The second-order valence-corrected chi connectivity index (χ2v) is 4.37. The summed E-state index contributed by atoms with van der Waals surface area (Å²) in [6.07, 6.45) is 0.545. The zero-order valence-electron chi connectivity index (χ0n) is 11.2. The van der Waals surface area contributed by atoms with Gasteiger partial charge in [0.05, 0.1) is 6.04 Å². The molecule has 0 aliphatic rings. The van der Waals surface area contributed by atoms with Crippen LogP contribution in [-0.4, -0.2) is 14.2 Å². The number of benzene rings is 1. The number of likely N-dealkylation sites (N-methyl/N-ethyl adjacent to an activating group) is 1. The molecule has 0 aliphatic heterocycles. The van der Waals surface area contributed by atoms with Crippen LogP contribution in [0, 0.1) is 5.82 Å². The van der Waals surface area contributed by atoms with Crippen molar-refractivity contribution in [2.75, 3.05) is 14.2 Å². The Morgan fingerprint density at radius 1 is 1.26 bits per heavy atom. The van der Waals surface area contributed by atoms with Gasteiger partial charge in [-0.05, 0) is 37.2 Å². The SMILES string of the molecule is CNC(Cc1ccccc1F)c1ccc(COC)o1. The zero-order valence-corrected chi connectivity index (χ0v) is 11.2. The monoisotopic (exact) mass is 263 g/mol. The summed E-state index contributed by atoms with van der Waals surface area (Å²) in [5, 5.41) is 3.15. The fourth-order valence-electron chi connectivity index (χ4n) is 2.03. The molecular formula is C15H18FNO2. The molecule has 0 saturated carbocycles. The van der Waals surface area contributed by atoms with Crippen LogP contribution in [0.4, 0.5) is 4.39 Å². The van der Waals surface area contributed by atoms with E-state index < -0.39 is 0 Å². The van der Waals surface area contributed by atoms with E-state index in [1.807, 2.05) is 25.2 Å². The van der Waals surface area contributed by atoms with Crippen molar-refractivity contribution in [1.29, 1.82) is 0 Å². The largest absolute Gasteiger partial charge is 0.462 e. The number of rotatable bonds is 6. The Bertz CT molecular complexity index is 524. The molecule has 19 heavy (non-hydrogen) atoms. The third kappa shape index (κ3) is 3.43. The van der Waals surface area contributed by atoms with E-state index in [0.29, 0.717) is 18.6 Å². The van der Waals surface area contributed by atoms with Gasteiger partial charge in [0, 0.05) is 7.11 Å². The normalized spacial score (nSPS) is 12.6. The molecule has 1 heterocycles. The summed E-state index contributed by atoms with van der Waals surface area (Å²) < 4.78 is 24.3. The van der Waals surface area contributed by atoms with Gasteiger partial charge in [0.15, 0.2) is 0 Å². The number of nitrogens with one attached hydrogen (secondary N) is 1. The van der Waals surface area contributed by atoms with Crippen molar-refractivity contribution in [2.45, 2.75) is 19.1 Å². The van der Waals surface area contributed by atoms with Crippen LogP contribution in [0.25, 0.3) is 0 Å². The Hall–Kier alpha value is -1.65. The Morgan fingerprint density at radius 3 is 2.74 bits per heavy atom. The molecule has 1 aromatic carbocycles. The summed E-state index contributed by atoms with van der Waals surface area (Å²) in [4.78, 5) is 0. The van der Waals surface area contributed by atoms with E-state index in [2.05, 4.69) is 5.32 Å². The van der Waals surface area contributed by atoms with Crippen LogP contribution in [0.1, 0.15) is 23.1 Å². The van der Waals surface area contributed by atoms with E-state index in [0.717, 1.165) is 11.5 Å². The van der Waals surface area contributed by atoms with Crippen LogP contribution < -0.4 is 5.32 Å². The number of halogens is 1. The summed E-state index contributed by atoms with van der Waals surface area (Å²) in [5.41, 5.74) is 0.673. The molecule has 0 saturated heterocycles. The molecule has 102 valence electrons. The first-order chi connectivity index (χ1) is 9.24. The van der Waals surface area contributed by atoms with Gasteiger partial charge in [-0.25, -0.2) is 4.39 Å². The average molecular weight is 263 g/mol. The zero-order chi connectivity index (χ0) is 13.7. The van der Waals surface area contributed by atoms with Gasteiger partial charge >= 0.3 is 0 Å². The lowest BCUT2D eigenvalue weighted by Gasteiger charge is -2.14. The number of hydrogen-bond donors (Lipinski definition) is 1. The molecule has 1 atom stereocenters. The summed E-state index contributed by atoms with van der Waals surface area (Å²) >= 11 is 0. The molecule has 0 fully saturated rings. The Morgan fingerprint density at radius 2 is 2.05 bits per heavy atom. The lowest BCUT2D eigenvalue weighted by Crippen LogP contribution is -2.18. The molecule has 3 nitrogen and oxygen atoms in total. The van der Waals surface area contributed by atoms with E-state index in [1.54, 1.807) is 19.2 Å². The number of ether oxygens (including phenoxy) is 1. The maximum absolute atomic E-state index is 13.6. The van der Waals surface area contributed by atoms with E-state index >= 15 is 0 Å². The molecule has 0 bridgehead atoms.